The molecule has 1 aromatic carbocycles. The lowest BCUT2D eigenvalue weighted by Gasteiger charge is -2.31. The van der Waals surface area contributed by atoms with Gasteiger partial charge in [0.2, 0.25) is 10.0 Å². The average molecular weight is 365 g/mol. The molecule has 0 radical (unpaired) electrons. The first-order valence-electron chi connectivity index (χ1n) is 6.62. The zero-order chi connectivity index (χ0) is 14.8. The Hall–Kier alpha value is -0.500. The van der Waals surface area contributed by atoms with Crippen molar-refractivity contribution in [3.8, 4) is 0 Å². The molecule has 4 nitrogen and oxygen atoms in total. The van der Waals surface area contributed by atoms with Gasteiger partial charge in [0.25, 0.3) is 0 Å². The maximum atomic E-state index is 13.8. The summed E-state index contributed by atoms with van der Waals surface area (Å²) < 4.78 is 41.3. The van der Waals surface area contributed by atoms with Crippen LogP contribution in [0.4, 0.5) is 4.39 Å². The molecule has 0 amide bonds. The standard InChI is InChI=1S/C13H18BrFN2O2S/c1-2-17-7-5-11(6-8-17)16-20(18,19)13-4-3-10(14)9-12(13)15/h3-4,9,11,16H,2,5-8H2,1H3. The smallest absolute Gasteiger partial charge is 0.243 e. The van der Waals surface area contributed by atoms with E-state index in [0.29, 0.717) is 4.47 Å². The minimum absolute atomic E-state index is 0.120. The van der Waals surface area contributed by atoms with E-state index in [9.17, 15) is 12.8 Å². The Morgan fingerprint density at radius 3 is 2.60 bits per heavy atom. The van der Waals surface area contributed by atoms with E-state index in [1.165, 1.54) is 12.1 Å². The first-order chi connectivity index (χ1) is 9.42. The van der Waals surface area contributed by atoms with Crippen LogP contribution in [0.1, 0.15) is 19.8 Å². The number of halogens is 2. The molecule has 0 aliphatic carbocycles. The van der Waals surface area contributed by atoms with Crippen LogP contribution < -0.4 is 4.72 Å². The fraction of sp³-hybridized carbons (Fsp3) is 0.538. The molecule has 0 aromatic heterocycles. The van der Waals surface area contributed by atoms with Crippen LogP contribution in [0, 0.1) is 5.82 Å². The van der Waals surface area contributed by atoms with Gasteiger partial charge in [0, 0.05) is 10.5 Å². The van der Waals surface area contributed by atoms with Crippen LogP contribution in [0.15, 0.2) is 27.6 Å². The number of benzene rings is 1. The van der Waals surface area contributed by atoms with E-state index < -0.39 is 15.8 Å². The molecule has 0 saturated carbocycles. The number of likely N-dealkylation sites (tertiary alicyclic amines) is 1. The molecule has 1 saturated heterocycles. The molecule has 2 rings (SSSR count). The summed E-state index contributed by atoms with van der Waals surface area (Å²) in [5.41, 5.74) is 0. The van der Waals surface area contributed by atoms with Crippen LogP contribution in [0.5, 0.6) is 0 Å². The summed E-state index contributed by atoms with van der Waals surface area (Å²) in [5.74, 6) is -0.738. The summed E-state index contributed by atoms with van der Waals surface area (Å²) in [6, 6.07) is 3.85. The second-order valence-electron chi connectivity index (χ2n) is 4.90. The second kappa shape index (κ2) is 6.51. The van der Waals surface area contributed by atoms with E-state index in [-0.39, 0.29) is 10.9 Å². The van der Waals surface area contributed by atoms with Crippen molar-refractivity contribution in [2.24, 2.45) is 0 Å². The van der Waals surface area contributed by atoms with Crippen LogP contribution in [-0.4, -0.2) is 39.0 Å². The maximum Gasteiger partial charge on any atom is 0.243 e. The lowest BCUT2D eigenvalue weighted by atomic mass is 10.1. The Morgan fingerprint density at radius 2 is 2.05 bits per heavy atom. The van der Waals surface area contributed by atoms with Crippen molar-refractivity contribution in [1.29, 1.82) is 0 Å². The molecule has 1 N–H and O–H groups in total. The Morgan fingerprint density at radius 1 is 1.40 bits per heavy atom. The van der Waals surface area contributed by atoms with E-state index in [2.05, 4.69) is 32.5 Å². The van der Waals surface area contributed by atoms with Crippen molar-refractivity contribution in [3.63, 3.8) is 0 Å². The first-order valence-corrected chi connectivity index (χ1v) is 8.89. The lowest BCUT2D eigenvalue weighted by Crippen LogP contribution is -2.44. The normalized spacial score (nSPS) is 18.4. The zero-order valence-electron chi connectivity index (χ0n) is 11.3. The average Bonchev–Trinajstić information content (AvgIpc) is 2.38. The highest BCUT2D eigenvalue weighted by Gasteiger charge is 2.26. The van der Waals surface area contributed by atoms with E-state index in [0.717, 1.165) is 38.5 Å². The number of hydrogen-bond donors (Lipinski definition) is 1. The Kier molecular flexibility index (Phi) is 5.17. The van der Waals surface area contributed by atoms with Crippen molar-refractivity contribution in [2.75, 3.05) is 19.6 Å². The van der Waals surface area contributed by atoms with Gasteiger partial charge in [-0.15, -0.1) is 0 Å². The minimum Gasteiger partial charge on any atom is -0.303 e. The molecule has 0 spiro atoms. The third-order valence-corrected chi connectivity index (χ3v) is 5.59. The molecule has 1 aliphatic rings. The van der Waals surface area contributed by atoms with Crippen LogP contribution in [0.3, 0.4) is 0 Å². The van der Waals surface area contributed by atoms with Gasteiger partial charge >= 0.3 is 0 Å². The Balaban J connectivity index is 2.08. The van der Waals surface area contributed by atoms with Gasteiger partial charge in [0.05, 0.1) is 0 Å². The molecular formula is C13H18BrFN2O2S. The minimum atomic E-state index is -3.80. The first kappa shape index (κ1) is 15.9. The number of hydrogen-bond acceptors (Lipinski definition) is 3. The number of piperidine rings is 1. The van der Waals surface area contributed by atoms with Crippen molar-refractivity contribution >= 4 is 26.0 Å². The van der Waals surface area contributed by atoms with Crippen molar-refractivity contribution in [1.82, 2.24) is 9.62 Å². The Bertz CT molecular complexity index is 572. The molecule has 112 valence electrons. The molecule has 0 atom stereocenters. The molecule has 0 unspecified atom stereocenters. The van der Waals surface area contributed by atoms with E-state index in [4.69, 9.17) is 0 Å². The largest absolute Gasteiger partial charge is 0.303 e. The van der Waals surface area contributed by atoms with Crippen molar-refractivity contribution < 1.29 is 12.8 Å². The number of nitrogens with zero attached hydrogens (tertiary/aromatic N) is 1. The third kappa shape index (κ3) is 3.78. The van der Waals surface area contributed by atoms with E-state index >= 15 is 0 Å². The summed E-state index contributed by atoms with van der Waals surface area (Å²) in [5, 5.41) is 0. The molecule has 1 fully saturated rings. The topological polar surface area (TPSA) is 49.4 Å². The van der Waals surface area contributed by atoms with Gasteiger partial charge in [-0.3, -0.25) is 0 Å². The Labute approximate surface area is 127 Å². The summed E-state index contributed by atoms with van der Waals surface area (Å²) >= 11 is 3.12. The van der Waals surface area contributed by atoms with Crippen molar-refractivity contribution in [2.45, 2.75) is 30.7 Å². The maximum absolute atomic E-state index is 13.8. The molecule has 7 heteroatoms. The quantitative estimate of drug-likeness (QED) is 0.891. The van der Waals surface area contributed by atoms with Crippen molar-refractivity contribution in [3.05, 3.63) is 28.5 Å². The summed E-state index contributed by atoms with van der Waals surface area (Å²) in [6.07, 6.45) is 1.51. The predicted molar refractivity (Wildman–Crippen MR) is 79.6 cm³/mol. The fourth-order valence-corrected chi connectivity index (χ4v) is 4.04. The zero-order valence-corrected chi connectivity index (χ0v) is 13.7. The van der Waals surface area contributed by atoms with Crippen LogP contribution in [0.25, 0.3) is 0 Å². The number of sulfonamides is 1. The molecule has 1 heterocycles. The molecule has 1 aromatic rings. The molecule has 1 aliphatic heterocycles. The van der Waals surface area contributed by atoms with E-state index in [1.807, 2.05) is 0 Å². The highest BCUT2D eigenvalue weighted by molar-refractivity contribution is 9.10. The summed E-state index contributed by atoms with van der Waals surface area (Å²) in [4.78, 5) is 1.98. The van der Waals surface area contributed by atoms with Gasteiger partial charge in [-0.1, -0.05) is 22.9 Å². The number of nitrogens with one attached hydrogen (secondary N) is 1. The van der Waals surface area contributed by atoms with Crippen LogP contribution >= 0.6 is 15.9 Å². The van der Waals surface area contributed by atoms with Gasteiger partial charge in [0.15, 0.2) is 0 Å². The van der Waals surface area contributed by atoms with Gasteiger partial charge in [-0.2, -0.15) is 0 Å². The van der Waals surface area contributed by atoms with Gasteiger partial charge in [-0.25, -0.2) is 17.5 Å². The fourth-order valence-electron chi connectivity index (χ4n) is 2.34. The third-order valence-electron chi connectivity index (χ3n) is 3.54. The van der Waals surface area contributed by atoms with Gasteiger partial charge in [-0.05, 0) is 50.7 Å². The van der Waals surface area contributed by atoms with Crippen LogP contribution in [0.2, 0.25) is 0 Å². The second-order valence-corrected chi connectivity index (χ2v) is 7.50. The van der Waals surface area contributed by atoms with Gasteiger partial charge < -0.3 is 4.90 Å². The monoisotopic (exact) mass is 364 g/mol. The highest BCUT2D eigenvalue weighted by atomic mass is 79.9. The lowest BCUT2D eigenvalue weighted by molar-refractivity contribution is 0.217. The summed E-state index contributed by atoms with van der Waals surface area (Å²) in [7, 11) is -3.80. The SMILES string of the molecule is CCN1CCC(NS(=O)(=O)c2ccc(Br)cc2F)CC1. The van der Waals surface area contributed by atoms with Crippen LogP contribution in [-0.2, 0) is 10.0 Å². The number of rotatable bonds is 4. The van der Waals surface area contributed by atoms with Gasteiger partial charge in [0.1, 0.15) is 10.7 Å². The predicted octanol–water partition coefficient (Wildman–Crippen LogP) is 2.35. The van der Waals surface area contributed by atoms with E-state index in [1.54, 1.807) is 0 Å². The molecule has 0 bridgehead atoms. The highest BCUT2D eigenvalue weighted by Crippen LogP contribution is 2.21. The summed E-state index contributed by atoms with van der Waals surface area (Å²) in [6.45, 7) is 4.79. The molecular weight excluding hydrogens is 347 g/mol. The molecule has 20 heavy (non-hydrogen) atoms.